The molecule has 0 radical (unpaired) electrons. The van der Waals surface area contributed by atoms with Gasteiger partial charge in [-0.2, -0.15) is 0 Å². The molecule has 1 aliphatic carbocycles. The highest BCUT2D eigenvalue weighted by Crippen LogP contribution is 2.32. The van der Waals surface area contributed by atoms with Crippen molar-refractivity contribution in [2.45, 2.75) is 13.3 Å². The van der Waals surface area contributed by atoms with Crippen molar-refractivity contribution in [1.29, 1.82) is 0 Å². The van der Waals surface area contributed by atoms with Gasteiger partial charge in [-0.05, 0) is 88.2 Å². The predicted molar refractivity (Wildman–Crippen MR) is 258 cm³/mol. The van der Waals surface area contributed by atoms with E-state index in [2.05, 4.69) is 188 Å². The zero-order chi connectivity index (χ0) is 42.1. The van der Waals surface area contributed by atoms with Crippen LogP contribution in [0.5, 0.6) is 0 Å². The molecule has 0 bridgehead atoms. The summed E-state index contributed by atoms with van der Waals surface area (Å²) in [6.07, 6.45) is 11.6. The Morgan fingerprint density at radius 3 is 1.52 bits per heavy atom. The fourth-order valence-corrected chi connectivity index (χ4v) is 7.65. The van der Waals surface area contributed by atoms with Gasteiger partial charge in [-0.25, -0.2) is 15.0 Å². The molecular formula is C57H45N5. The van der Waals surface area contributed by atoms with Gasteiger partial charge in [0.15, 0.2) is 17.5 Å². The van der Waals surface area contributed by atoms with Crippen molar-refractivity contribution >= 4 is 11.4 Å². The Morgan fingerprint density at radius 2 is 0.919 bits per heavy atom. The maximum atomic E-state index is 5.21. The predicted octanol–water partition coefficient (Wildman–Crippen LogP) is 13.7. The average Bonchev–Trinajstić information content (AvgIpc) is 3.90. The Kier molecular flexibility index (Phi) is 11.8. The summed E-state index contributed by atoms with van der Waals surface area (Å²) < 4.78 is 0. The Balaban J connectivity index is 1.02. The molecule has 0 saturated heterocycles. The molecular weight excluding hydrogens is 755 g/mol. The highest BCUT2D eigenvalue weighted by molar-refractivity contribution is 6.02. The Morgan fingerprint density at radius 1 is 0.468 bits per heavy atom. The van der Waals surface area contributed by atoms with Gasteiger partial charge in [0.05, 0.1) is 5.70 Å². The number of benzene rings is 7. The zero-order valence-corrected chi connectivity index (χ0v) is 34.8. The van der Waals surface area contributed by atoms with Crippen LogP contribution in [0, 0.1) is 0 Å². The van der Waals surface area contributed by atoms with Gasteiger partial charge >= 0.3 is 0 Å². The number of aromatic nitrogens is 3. The van der Waals surface area contributed by atoms with E-state index in [0.29, 0.717) is 17.5 Å². The van der Waals surface area contributed by atoms with Crippen molar-refractivity contribution in [2.75, 3.05) is 7.05 Å². The van der Waals surface area contributed by atoms with E-state index in [1.54, 1.807) is 0 Å². The van der Waals surface area contributed by atoms with Crippen molar-refractivity contribution in [2.24, 2.45) is 4.99 Å². The number of nitrogens with zero attached hydrogens (tertiary/aromatic N) is 4. The molecule has 5 heteroatoms. The SMILES string of the molecule is CN/C(=C\C=C(\N=C(C)c1cccc(-c2cccc(-c3cccc(-c4nc(-c5ccccc5)nc(-c5ccc(-c6ccccc6)cc5)n4)c3)c2)c1)c1ccccc1)C1=CC=CC1. The molecule has 298 valence electrons. The van der Waals surface area contributed by atoms with Crippen LogP contribution in [0.1, 0.15) is 24.5 Å². The highest BCUT2D eigenvalue weighted by atomic mass is 15.0. The molecule has 0 amide bonds. The van der Waals surface area contributed by atoms with Gasteiger partial charge in [0, 0.05) is 40.7 Å². The second-order valence-corrected chi connectivity index (χ2v) is 15.1. The van der Waals surface area contributed by atoms with E-state index in [1.165, 1.54) is 11.1 Å². The van der Waals surface area contributed by atoms with Gasteiger partial charge in [-0.15, -0.1) is 0 Å². The zero-order valence-electron chi connectivity index (χ0n) is 34.8. The maximum absolute atomic E-state index is 5.21. The summed E-state index contributed by atoms with van der Waals surface area (Å²) in [5.41, 5.74) is 15.8. The fraction of sp³-hybridized carbons (Fsp3) is 0.0526. The third-order valence-corrected chi connectivity index (χ3v) is 11.0. The summed E-state index contributed by atoms with van der Waals surface area (Å²) >= 11 is 0. The first-order chi connectivity index (χ1) is 30.6. The molecule has 0 fully saturated rings. The summed E-state index contributed by atoms with van der Waals surface area (Å²) in [5, 5.41) is 3.36. The Hall–Kier alpha value is -8.02. The number of hydrogen-bond acceptors (Lipinski definition) is 5. The summed E-state index contributed by atoms with van der Waals surface area (Å²) in [5.74, 6) is 1.88. The van der Waals surface area contributed by atoms with Crippen LogP contribution in [-0.4, -0.2) is 27.7 Å². The lowest BCUT2D eigenvalue weighted by molar-refractivity contribution is 0.983. The first-order valence-corrected chi connectivity index (χ1v) is 20.9. The number of hydrogen-bond donors (Lipinski definition) is 1. The lowest BCUT2D eigenvalue weighted by atomic mass is 9.96. The third kappa shape index (κ3) is 9.08. The first kappa shape index (κ1) is 39.4. The molecule has 5 nitrogen and oxygen atoms in total. The maximum Gasteiger partial charge on any atom is 0.164 e. The van der Waals surface area contributed by atoms with E-state index in [1.807, 2.05) is 49.5 Å². The molecule has 7 aromatic carbocycles. The van der Waals surface area contributed by atoms with Crippen molar-refractivity contribution in [3.63, 3.8) is 0 Å². The van der Waals surface area contributed by atoms with Crippen LogP contribution in [0.15, 0.2) is 235 Å². The third-order valence-electron chi connectivity index (χ3n) is 11.0. The van der Waals surface area contributed by atoms with Crippen LogP contribution in [0.2, 0.25) is 0 Å². The van der Waals surface area contributed by atoms with E-state index >= 15 is 0 Å². The lowest BCUT2D eigenvalue weighted by Crippen LogP contribution is -2.07. The standard InChI is InChI=1S/C57H45N5/c1-40(59-54(44-19-8-4-9-20-44)36-35-53(58-2)43-21-12-13-22-43)47-25-14-26-48(37-47)49-27-15-28-50(38-49)51-29-16-30-52(39-51)57-61-55(45-23-10-5-11-24-45)60-56(62-57)46-33-31-42(32-34-46)41-17-6-3-7-18-41/h3-21,23-39,58H,22H2,1-2H3/b53-35-,54-36+,59-40?. The second-order valence-electron chi connectivity index (χ2n) is 15.1. The minimum atomic E-state index is 0.621. The molecule has 0 atom stereocenters. The Bertz CT molecular complexity index is 3000. The molecule has 0 saturated carbocycles. The monoisotopic (exact) mass is 799 g/mol. The number of aliphatic imine (C=N–C) groups is 1. The van der Waals surface area contributed by atoms with Gasteiger partial charge in [0.2, 0.25) is 0 Å². The van der Waals surface area contributed by atoms with Gasteiger partial charge < -0.3 is 5.32 Å². The van der Waals surface area contributed by atoms with E-state index in [4.69, 9.17) is 19.9 Å². The molecule has 9 rings (SSSR count). The quantitative estimate of drug-likeness (QED) is 0.0987. The first-order valence-electron chi connectivity index (χ1n) is 20.9. The molecule has 0 aliphatic heterocycles. The summed E-state index contributed by atoms with van der Waals surface area (Å²) in [6.45, 7) is 2.08. The van der Waals surface area contributed by atoms with Crippen molar-refractivity contribution < 1.29 is 0 Å². The van der Waals surface area contributed by atoms with Crippen LogP contribution in [0.4, 0.5) is 0 Å². The van der Waals surface area contributed by atoms with E-state index in [0.717, 1.165) is 79.2 Å². The molecule has 8 aromatic rings. The number of nitrogens with one attached hydrogen (secondary N) is 1. The molecule has 62 heavy (non-hydrogen) atoms. The minimum absolute atomic E-state index is 0.621. The summed E-state index contributed by atoms with van der Waals surface area (Å²) in [6, 6.07) is 65.0. The van der Waals surface area contributed by atoms with Crippen molar-refractivity contribution in [3.8, 4) is 67.5 Å². The molecule has 1 aliphatic rings. The van der Waals surface area contributed by atoms with Gasteiger partial charge in [0.1, 0.15) is 0 Å². The van der Waals surface area contributed by atoms with E-state index in [9.17, 15) is 0 Å². The van der Waals surface area contributed by atoms with Crippen LogP contribution in [0.25, 0.3) is 73.2 Å². The summed E-state index contributed by atoms with van der Waals surface area (Å²) in [7, 11) is 1.96. The summed E-state index contributed by atoms with van der Waals surface area (Å²) in [4.78, 5) is 20.3. The number of allylic oxidation sites excluding steroid dienone is 6. The van der Waals surface area contributed by atoms with Gasteiger partial charge in [-0.3, -0.25) is 4.99 Å². The molecule has 1 heterocycles. The topological polar surface area (TPSA) is 63.1 Å². The van der Waals surface area contributed by atoms with Gasteiger partial charge in [0.25, 0.3) is 0 Å². The van der Waals surface area contributed by atoms with Crippen molar-refractivity contribution in [1.82, 2.24) is 20.3 Å². The van der Waals surface area contributed by atoms with Crippen molar-refractivity contribution in [3.05, 3.63) is 241 Å². The highest BCUT2D eigenvalue weighted by Gasteiger charge is 2.14. The van der Waals surface area contributed by atoms with Crippen LogP contribution < -0.4 is 5.32 Å². The average molecular weight is 800 g/mol. The molecule has 1 aromatic heterocycles. The lowest BCUT2D eigenvalue weighted by Gasteiger charge is -2.11. The smallest absolute Gasteiger partial charge is 0.164 e. The molecule has 1 N–H and O–H groups in total. The second kappa shape index (κ2) is 18.5. The molecule has 0 spiro atoms. The largest absolute Gasteiger partial charge is 0.388 e. The number of likely N-dealkylation sites (N-methyl/N-ethyl adjacent to an activating group) is 1. The van der Waals surface area contributed by atoms with Crippen LogP contribution >= 0.6 is 0 Å². The van der Waals surface area contributed by atoms with Gasteiger partial charge in [-0.1, -0.05) is 188 Å². The van der Waals surface area contributed by atoms with Crippen LogP contribution in [-0.2, 0) is 0 Å². The normalized spacial score (nSPS) is 12.9. The van der Waals surface area contributed by atoms with Crippen LogP contribution in [0.3, 0.4) is 0 Å². The fourth-order valence-electron chi connectivity index (χ4n) is 7.65. The minimum Gasteiger partial charge on any atom is -0.388 e. The number of rotatable bonds is 12. The van der Waals surface area contributed by atoms with E-state index < -0.39 is 0 Å². The van der Waals surface area contributed by atoms with E-state index in [-0.39, 0.29) is 0 Å². The molecule has 0 unspecified atom stereocenters. The Labute approximate surface area is 364 Å².